The second kappa shape index (κ2) is 11.6. The number of anilines is 1. The highest BCUT2D eigenvalue weighted by atomic mass is 79.9. The van der Waals surface area contributed by atoms with Gasteiger partial charge in [-0.1, -0.05) is 26.0 Å². The van der Waals surface area contributed by atoms with Crippen LogP contribution in [0.3, 0.4) is 0 Å². The number of furan rings is 1. The molecule has 172 valence electrons. The van der Waals surface area contributed by atoms with Crippen LogP contribution in [-0.4, -0.2) is 23.5 Å². The fraction of sp³-hybridized carbons (Fsp3) is 0.208. The van der Waals surface area contributed by atoms with Crippen molar-refractivity contribution in [2.24, 2.45) is 5.92 Å². The number of halogens is 1. The summed E-state index contributed by atoms with van der Waals surface area (Å²) in [5, 5.41) is 8.42. The maximum absolute atomic E-state index is 12.6. The van der Waals surface area contributed by atoms with E-state index >= 15 is 0 Å². The van der Waals surface area contributed by atoms with Crippen LogP contribution in [0.1, 0.15) is 40.3 Å². The monoisotopic (exact) mass is 529 g/mol. The molecule has 0 saturated heterocycles. The number of hydrogen-bond acceptors (Lipinski definition) is 5. The summed E-state index contributed by atoms with van der Waals surface area (Å²) < 4.78 is 11.6. The normalized spacial score (nSPS) is 10.5. The van der Waals surface area contributed by atoms with Crippen molar-refractivity contribution >= 4 is 50.8 Å². The lowest BCUT2D eigenvalue weighted by Gasteiger charge is -2.14. The van der Waals surface area contributed by atoms with Crippen LogP contribution < -0.4 is 20.7 Å². The van der Waals surface area contributed by atoms with Gasteiger partial charge in [-0.25, -0.2) is 0 Å². The number of hydrogen-bond donors (Lipinski definition) is 3. The van der Waals surface area contributed by atoms with Gasteiger partial charge >= 0.3 is 0 Å². The Morgan fingerprint density at radius 2 is 1.88 bits per heavy atom. The molecule has 0 aliphatic heterocycles. The van der Waals surface area contributed by atoms with E-state index in [-0.39, 0.29) is 23.5 Å². The van der Waals surface area contributed by atoms with Crippen LogP contribution in [0.2, 0.25) is 0 Å². The van der Waals surface area contributed by atoms with Crippen LogP contribution in [-0.2, 0) is 6.54 Å². The van der Waals surface area contributed by atoms with Gasteiger partial charge < -0.3 is 19.8 Å². The average Bonchev–Trinajstić information content (AvgIpc) is 3.30. The summed E-state index contributed by atoms with van der Waals surface area (Å²) in [7, 11) is 0. The molecule has 0 saturated carbocycles. The predicted octanol–water partition coefficient (Wildman–Crippen LogP) is 5.13. The summed E-state index contributed by atoms with van der Waals surface area (Å²) in [6, 6.07) is 15.5. The Bertz CT molecular complexity index is 1130. The van der Waals surface area contributed by atoms with E-state index in [1.807, 2.05) is 0 Å². The molecule has 0 bridgehead atoms. The molecule has 0 aliphatic rings. The number of ether oxygens (including phenoxy) is 1. The van der Waals surface area contributed by atoms with Crippen molar-refractivity contribution in [2.75, 3.05) is 11.9 Å². The van der Waals surface area contributed by atoms with Crippen molar-refractivity contribution in [1.29, 1.82) is 0 Å². The summed E-state index contributed by atoms with van der Waals surface area (Å²) in [5.41, 5.74) is 1.26. The van der Waals surface area contributed by atoms with Crippen molar-refractivity contribution in [3.05, 3.63) is 82.2 Å². The number of benzene rings is 2. The van der Waals surface area contributed by atoms with Gasteiger partial charge in [-0.15, -0.1) is 0 Å². The minimum atomic E-state index is -0.386. The molecular weight excluding hydrogens is 506 g/mol. The largest absolute Gasteiger partial charge is 0.492 e. The van der Waals surface area contributed by atoms with E-state index in [1.165, 1.54) is 0 Å². The summed E-state index contributed by atoms with van der Waals surface area (Å²) in [6.07, 6.45) is 1.54. The van der Waals surface area contributed by atoms with Crippen LogP contribution in [0.25, 0.3) is 0 Å². The third kappa shape index (κ3) is 7.16. The lowest BCUT2D eigenvalue weighted by atomic mass is 10.1. The van der Waals surface area contributed by atoms with Gasteiger partial charge in [-0.3, -0.25) is 14.9 Å². The Balaban J connectivity index is 1.61. The van der Waals surface area contributed by atoms with Gasteiger partial charge in [0.15, 0.2) is 5.11 Å². The highest BCUT2D eigenvalue weighted by molar-refractivity contribution is 9.10. The minimum absolute atomic E-state index is 0.0718. The lowest BCUT2D eigenvalue weighted by molar-refractivity contribution is 0.0947. The first kappa shape index (κ1) is 24.5. The van der Waals surface area contributed by atoms with Crippen molar-refractivity contribution in [2.45, 2.75) is 20.4 Å². The molecule has 2 aromatic carbocycles. The van der Waals surface area contributed by atoms with Crippen molar-refractivity contribution in [3.63, 3.8) is 0 Å². The number of amides is 2. The number of carbonyl (C=O) groups is 2. The van der Waals surface area contributed by atoms with E-state index in [4.69, 9.17) is 21.4 Å². The second-order valence-corrected chi connectivity index (χ2v) is 8.83. The molecule has 0 atom stereocenters. The molecule has 33 heavy (non-hydrogen) atoms. The van der Waals surface area contributed by atoms with Crippen molar-refractivity contribution in [1.82, 2.24) is 10.6 Å². The Kier molecular flexibility index (Phi) is 8.62. The zero-order chi connectivity index (χ0) is 23.8. The van der Waals surface area contributed by atoms with Crippen molar-refractivity contribution in [3.8, 4) is 5.75 Å². The average molecular weight is 530 g/mol. The Morgan fingerprint density at radius 3 is 2.58 bits per heavy atom. The molecule has 0 radical (unpaired) electrons. The fourth-order valence-electron chi connectivity index (χ4n) is 2.81. The zero-order valence-electron chi connectivity index (χ0n) is 18.2. The molecule has 0 spiro atoms. The summed E-state index contributed by atoms with van der Waals surface area (Å²) in [4.78, 5) is 25.2. The summed E-state index contributed by atoms with van der Waals surface area (Å²) in [6.45, 7) is 4.95. The molecule has 9 heteroatoms. The second-order valence-electron chi connectivity index (χ2n) is 7.57. The van der Waals surface area contributed by atoms with E-state index in [0.29, 0.717) is 45.3 Å². The SMILES string of the molecule is CC(C)COc1ccc(C(=O)NC(=S)Nc2ccccc2C(=O)NCc2ccco2)cc1Br. The Morgan fingerprint density at radius 1 is 1.09 bits per heavy atom. The van der Waals surface area contributed by atoms with E-state index < -0.39 is 0 Å². The molecule has 0 unspecified atom stereocenters. The molecule has 0 fully saturated rings. The van der Waals surface area contributed by atoms with Crippen LogP contribution >= 0.6 is 28.1 Å². The molecule has 7 nitrogen and oxygen atoms in total. The van der Waals surface area contributed by atoms with Crippen LogP contribution in [0, 0.1) is 5.92 Å². The third-order valence-electron chi connectivity index (χ3n) is 4.42. The topological polar surface area (TPSA) is 92.6 Å². The molecule has 3 rings (SSSR count). The quantitative estimate of drug-likeness (QED) is 0.350. The van der Waals surface area contributed by atoms with Gasteiger partial charge in [0.25, 0.3) is 11.8 Å². The van der Waals surface area contributed by atoms with Gasteiger partial charge in [-0.2, -0.15) is 0 Å². The predicted molar refractivity (Wildman–Crippen MR) is 134 cm³/mol. The third-order valence-corrected chi connectivity index (χ3v) is 5.24. The van der Waals surface area contributed by atoms with Gasteiger partial charge in [0.2, 0.25) is 0 Å². The highest BCUT2D eigenvalue weighted by Crippen LogP contribution is 2.26. The number of para-hydroxylation sites is 1. The first-order chi connectivity index (χ1) is 15.8. The molecule has 3 N–H and O–H groups in total. The standard InChI is InChI=1S/C24H24BrN3O4S/c1-15(2)14-32-21-10-9-16(12-19(21)25)22(29)28-24(33)27-20-8-4-3-7-18(20)23(30)26-13-17-6-5-11-31-17/h3-12,15H,13-14H2,1-2H3,(H,26,30)(H2,27,28,29,33). The Labute approximate surface area is 206 Å². The van der Waals surface area contributed by atoms with E-state index in [9.17, 15) is 9.59 Å². The van der Waals surface area contributed by atoms with Gasteiger partial charge in [-0.05, 0) is 76.5 Å². The Hall–Kier alpha value is -3.17. The van der Waals surface area contributed by atoms with Crippen molar-refractivity contribution < 1.29 is 18.7 Å². The molecular formula is C24H24BrN3O4S. The molecule has 2 amide bonds. The van der Waals surface area contributed by atoms with Crippen LogP contribution in [0.15, 0.2) is 69.8 Å². The first-order valence-corrected chi connectivity index (χ1v) is 11.5. The van der Waals surface area contributed by atoms with Gasteiger partial charge in [0.05, 0.1) is 35.1 Å². The van der Waals surface area contributed by atoms with E-state index in [2.05, 4.69) is 45.7 Å². The lowest BCUT2D eigenvalue weighted by Crippen LogP contribution is -2.35. The minimum Gasteiger partial charge on any atom is -0.492 e. The number of carbonyl (C=O) groups excluding carboxylic acids is 2. The molecule has 1 aromatic heterocycles. The maximum atomic E-state index is 12.6. The molecule has 3 aromatic rings. The number of nitrogens with one attached hydrogen (secondary N) is 3. The van der Waals surface area contributed by atoms with Gasteiger partial charge in [0, 0.05) is 5.56 Å². The number of thiocarbonyl (C=S) groups is 1. The van der Waals surface area contributed by atoms with E-state index in [0.717, 1.165) is 0 Å². The van der Waals surface area contributed by atoms with E-state index in [1.54, 1.807) is 60.9 Å². The molecule has 1 heterocycles. The summed E-state index contributed by atoms with van der Waals surface area (Å²) in [5.74, 6) is 1.00. The fourth-order valence-corrected chi connectivity index (χ4v) is 3.51. The molecule has 0 aliphatic carbocycles. The summed E-state index contributed by atoms with van der Waals surface area (Å²) >= 11 is 8.73. The smallest absolute Gasteiger partial charge is 0.257 e. The number of rotatable bonds is 8. The highest BCUT2D eigenvalue weighted by Gasteiger charge is 2.15. The maximum Gasteiger partial charge on any atom is 0.257 e. The van der Waals surface area contributed by atoms with Crippen LogP contribution in [0.5, 0.6) is 5.75 Å². The van der Waals surface area contributed by atoms with Crippen LogP contribution in [0.4, 0.5) is 5.69 Å². The first-order valence-electron chi connectivity index (χ1n) is 10.3. The van der Waals surface area contributed by atoms with Gasteiger partial charge in [0.1, 0.15) is 11.5 Å². The zero-order valence-corrected chi connectivity index (χ0v) is 20.6.